The Morgan fingerprint density at radius 1 is 1.03 bits per heavy atom. The lowest BCUT2D eigenvalue weighted by Gasteiger charge is -2.26. The molecular formula is C24H28N2O4S. The topological polar surface area (TPSA) is 67.9 Å². The van der Waals surface area contributed by atoms with Gasteiger partial charge in [-0.2, -0.15) is 0 Å². The number of nitrogens with zero attached hydrogens (tertiary/aromatic N) is 1. The first-order valence-corrected chi connectivity index (χ1v) is 11.7. The first-order chi connectivity index (χ1) is 15.1. The van der Waals surface area contributed by atoms with Crippen LogP contribution in [-0.2, 0) is 9.59 Å². The van der Waals surface area contributed by atoms with Crippen LogP contribution in [0.1, 0.15) is 43.0 Å². The molecule has 1 aliphatic heterocycles. The Kier molecular flexibility index (Phi) is 6.70. The highest BCUT2D eigenvalue weighted by molar-refractivity contribution is 8.00. The number of anilines is 2. The van der Waals surface area contributed by atoms with Crippen LogP contribution in [0.15, 0.2) is 42.5 Å². The molecule has 7 heteroatoms. The summed E-state index contributed by atoms with van der Waals surface area (Å²) in [7, 11) is 3.19. The van der Waals surface area contributed by atoms with Crippen LogP contribution in [-0.4, -0.2) is 31.8 Å². The van der Waals surface area contributed by atoms with Gasteiger partial charge in [0.1, 0.15) is 16.9 Å². The Bertz CT molecular complexity index is 941. The van der Waals surface area contributed by atoms with Crippen molar-refractivity contribution in [3.63, 3.8) is 0 Å². The Balaban J connectivity index is 1.52. The number of rotatable bonds is 6. The standard InChI is InChI=1S/C24H28N2O4S/c1-29-19-12-13-20(21(14-19)30-2)26-22(27)15-31-24(26)17-8-10-18(11-9-17)25-23(28)16-6-4-3-5-7-16/h8-14,16,24H,3-7,15H2,1-2H3,(H,25,28). The molecule has 31 heavy (non-hydrogen) atoms. The van der Waals surface area contributed by atoms with E-state index in [-0.39, 0.29) is 23.1 Å². The summed E-state index contributed by atoms with van der Waals surface area (Å²) >= 11 is 1.58. The second kappa shape index (κ2) is 9.64. The van der Waals surface area contributed by atoms with E-state index in [2.05, 4.69) is 5.32 Å². The molecule has 2 amide bonds. The summed E-state index contributed by atoms with van der Waals surface area (Å²) in [6.45, 7) is 0. The van der Waals surface area contributed by atoms with Crippen LogP contribution in [0.25, 0.3) is 0 Å². The number of hydrogen-bond donors (Lipinski definition) is 1. The molecule has 164 valence electrons. The van der Waals surface area contributed by atoms with Crippen LogP contribution in [0, 0.1) is 5.92 Å². The van der Waals surface area contributed by atoms with E-state index in [4.69, 9.17) is 9.47 Å². The molecule has 2 aromatic carbocycles. The third-order valence-electron chi connectivity index (χ3n) is 5.95. The highest BCUT2D eigenvalue weighted by Crippen LogP contribution is 2.45. The maximum Gasteiger partial charge on any atom is 0.238 e. The molecular weight excluding hydrogens is 412 g/mol. The van der Waals surface area contributed by atoms with Gasteiger partial charge in [0.05, 0.1) is 25.7 Å². The summed E-state index contributed by atoms with van der Waals surface area (Å²) in [5.41, 5.74) is 2.52. The molecule has 1 saturated carbocycles. The zero-order chi connectivity index (χ0) is 21.8. The number of nitrogens with one attached hydrogen (secondary N) is 1. The van der Waals surface area contributed by atoms with Gasteiger partial charge in [-0.3, -0.25) is 14.5 Å². The quantitative estimate of drug-likeness (QED) is 0.685. The lowest BCUT2D eigenvalue weighted by molar-refractivity contribution is -0.120. The predicted molar refractivity (Wildman–Crippen MR) is 124 cm³/mol. The molecule has 4 rings (SSSR count). The molecule has 0 radical (unpaired) electrons. The van der Waals surface area contributed by atoms with Gasteiger partial charge in [-0.1, -0.05) is 31.4 Å². The van der Waals surface area contributed by atoms with E-state index in [1.165, 1.54) is 6.42 Å². The van der Waals surface area contributed by atoms with Gasteiger partial charge >= 0.3 is 0 Å². The molecule has 1 aliphatic carbocycles. The van der Waals surface area contributed by atoms with Crippen molar-refractivity contribution in [1.29, 1.82) is 0 Å². The van der Waals surface area contributed by atoms with Crippen LogP contribution < -0.4 is 19.7 Å². The number of amides is 2. The van der Waals surface area contributed by atoms with Gasteiger partial charge in [-0.25, -0.2) is 0 Å². The van der Waals surface area contributed by atoms with Gasteiger partial charge in [0.2, 0.25) is 11.8 Å². The molecule has 1 unspecified atom stereocenters. The molecule has 2 fully saturated rings. The fraction of sp³-hybridized carbons (Fsp3) is 0.417. The third kappa shape index (κ3) is 4.66. The SMILES string of the molecule is COc1ccc(N2C(=O)CSC2c2ccc(NC(=O)C3CCCCC3)cc2)c(OC)c1. The largest absolute Gasteiger partial charge is 0.497 e. The number of ether oxygens (including phenoxy) is 2. The van der Waals surface area contributed by atoms with Crippen molar-refractivity contribution in [3.05, 3.63) is 48.0 Å². The van der Waals surface area contributed by atoms with E-state index in [0.717, 1.165) is 42.6 Å². The molecule has 1 atom stereocenters. The van der Waals surface area contributed by atoms with Crippen molar-refractivity contribution in [2.24, 2.45) is 5.92 Å². The molecule has 2 aromatic rings. The summed E-state index contributed by atoms with van der Waals surface area (Å²) in [4.78, 5) is 27.0. The van der Waals surface area contributed by atoms with Crippen molar-refractivity contribution in [3.8, 4) is 11.5 Å². The van der Waals surface area contributed by atoms with E-state index in [1.807, 2.05) is 36.4 Å². The maximum atomic E-state index is 12.7. The van der Waals surface area contributed by atoms with Gasteiger partial charge in [0, 0.05) is 17.7 Å². The lowest BCUT2D eigenvalue weighted by atomic mass is 9.88. The van der Waals surface area contributed by atoms with E-state index < -0.39 is 0 Å². The lowest BCUT2D eigenvalue weighted by Crippen LogP contribution is -2.28. The highest BCUT2D eigenvalue weighted by atomic mass is 32.2. The second-order valence-corrected chi connectivity index (χ2v) is 8.98. The third-order valence-corrected chi connectivity index (χ3v) is 7.17. The average Bonchev–Trinajstić information content (AvgIpc) is 3.20. The van der Waals surface area contributed by atoms with Crippen molar-refractivity contribution in [2.45, 2.75) is 37.5 Å². The molecule has 1 heterocycles. The smallest absolute Gasteiger partial charge is 0.238 e. The van der Waals surface area contributed by atoms with Crippen LogP contribution in [0.2, 0.25) is 0 Å². The fourth-order valence-corrected chi connectivity index (χ4v) is 5.42. The molecule has 1 saturated heterocycles. The van der Waals surface area contributed by atoms with Crippen molar-refractivity contribution in [1.82, 2.24) is 0 Å². The number of carbonyl (C=O) groups is 2. The number of methoxy groups -OCH3 is 2. The van der Waals surface area contributed by atoms with Crippen LogP contribution in [0.5, 0.6) is 11.5 Å². The van der Waals surface area contributed by atoms with E-state index in [0.29, 0.717) is 17.3 Å². The summed E-state index contributed by atoms with van der Waals surface area (Å²) in [5, 5.41) is 2.90. The van der Waals surface area contributed by atoms with Crippen molar-refractivity contribution < 1.29 is 19.1 Å². The van der Waals surface area contributed by atoms with Gasteiger partial charge in [-0.15, -0.1) is 11.8 Å². The number of carbonyl (C=O) groups excluding carboxylic acids is 2. The predicted octanol–water partition coefficient (Wildman–Crippen LogP) is 5.00. The summed E-state index contributed by atoms with van der Waals surface area (Å²) < 4.78 is 10.8. The minimum Gasteiger partial charge on any atom is -0.497 e. The van der Waals surface area contributed by atoms with Crippen LogP contribution in [0.4, 0.5) is 11.4 Å². The van der Waals surface area contributed by atoms with E-state index in [9.17, 15) is 9.59 Å². The van der Waals surface area contributed by atoms with Crippen LogP contribution in [0.3, 0.4) is 0 Å². The first kappa shape index (κ1) is 21.6. The normalized spacial score (nSPS) is 19.4. The number of benzene rings is 2. The molecule has 0 spiro atoms. The van der Waals surface area contributed by atoms with E-state index >= 15 is 0 Å². The highest BCUT2D eigenvalue weighted by Gasteiger charge is 2.35. The molecule has 0 bridgehead atoms. The Hall–Kier alpha value is -2.67. The Morgan fingerprint density at radius 2 is 1.77 bits per heavy atom. The average molecular weight is 441 g/mol. The zero-order valence-electron chi connectivity index (χ0n) is 17.9. The number of thioether (sulfide) groups is 1. The maximum absolute atomic E-state index is 12.7. The van der Waals surface area contributed by atoms with Gasteiger partial charge in [0.15, 0.2) is 0 Å². The van der Waals surface area contributed by atoms with Gasteiger partial charge in [-0.05, 0) is 42.7 Å². The van der Waals surface area contributed by atoms with E-state index in [1.54, 1.807) is 36.9 Å². The van der Waals surface area contributed by atoms with Crippen molar-refractivity contribution >= 4 is 35.0 Å². The minimum atomic E-state index is -0.155. The second-order valence-electron chi connectivity index (χ2n) is 7.91. The van der Waals surface area contributed by atoms with Crippen LogP contribution >= 0.6 is 11.8 Å². The Labute approximate surface area is 187 Å². The molecule has 2 aliphatic rings. The molecule has 1 N–H and O–H groups in total. The Morgan fingerprint density at radius 3 is 2.45 bits per heavy atom. The van der Waals surface area contributed by atoms with Gasteiger partial charge < -0.3 is 14.8 Å². The number of hydrogen-bond acceptors (Lipinski definition) is 5. The minimum absolute atomic E-state index is 0.0353. The van der Waals surface area contributed by atoms with Crippen molar-refractivity contribution in [2.75, 3.05) is 30.2 Å². The first-order valence-electron chi connectivity index (χ1n) is 10.7. The summed E-state index contributed by atoms with van der Waals surface area (Å²) in [6, 6.07) is 13.3. The zero-order valence-corrected chi connectivity index (χ0v) is 18.7. The van der Waals surface area contributed by atoms with Gasteiger partial charge in [0.25, 0.3) is 0 Å². The monoisotopic (exact) mass is 440 g/mol. The fourth-order valence-electron chi connectivity index (χ4n) is 4.26. The molecule has 6 nitrogen and oxygen atoms in total. The molecule has 0 aromatic heterocycles. The summed E-state index contributed by atoms with van der Waals surface area (Å²) in [5.74, 6) is 1.94. The summed E-state index contributed by atoms with van der Waals surface area (Å²) in [6.07, 6.45) is 5.45.